The fraction of sp³-hybridized carbons (Fsp3) is 0.357. The van der Waals surface area contributed by atoms with E-state index in [1.807, 2.05) is 6.92 Å². The number of alkyl halides is 3. The van der Waals surface area contributed by atoms with Gasteiger partial charge in [0.05, 0.1) is 4.90 Å². The number of halogens is 3. The van der Waals surface area contributed by atoms with Crippen LogP contribution in [-0.2, 0) is 14.8 Å². The van der Waals surface area contributed by atoms with E-state index in [1.165, 1.54) is 18.2 Å². The molecule has 5 nitrogen and oxygen atoms in total. The Labute approximate surface area is 150 Å². The monoisotopic (exact) mass is 399 g/mol. The lowest BCUT2D eigenvalue weighted by atomic mass is 10.2. The van der Waals surface area contributed by atoms with Crippen LogP contribution >= 0.6 is 34.8 Å². The van der Waals surface area contributed by atoms with Crippen molar-refractivity contribution < 1.29 is 17.9 Å². The van der Waals surface area contributed by atoms with Gasteiger partial charge in [-0.25, -0.2) is 17.9 Å². The van der Waals surface area contributed by atoms with Crippen molar-refractivity contribution in [1.82, 2.24) is 4.72 Å². The normalized spacial score (nSPS) is 13.1. The van der Waals surface area contributed by atoms with Crippen LogP contribution in [0, 0.1) is 6.92 Å². The van der Waals surface area contributed by atoms with E-state index in [-0.39, 0.29) is 4.90 Å². The first-order valence-corrected chi connectivity index (χ1v) is 9.05. The predicted molar refractivity (Wildman–Crippen MR) is 91.5 cm³/mol. The second-order valence-electron chi connectivity index (χ2n) is 5.03. The molecule has 0 aliphatic rings. The molecule has 0 heterocycles. The quantitative estimate of drug-likeness (QED) is 0.609. The Hall–Kier alpha value is -0.950. The maximum Gasteiger partial charge on any atom is 0.421 e. The number of sulfonamides is 1. The summed E-state index contributed by atoms with van der Waals surface area (Å²) in [7, 11) is -4.07. The van der Waals surface area contributed by atoms with Crippen molar-refractivity contribution in [2.75, 3.05) is 0 Å². The smallest absolute Gasteiger partial charge is 0.421 e. The topological polar surface area (TPSA) is 72.5 Å². The van der Waals surface area contributed by atoms with Crippen LogP contribution in [0.1, 0.15) is 19.4 Å². The van der Waals surface area contributed by atoms with Gasteiger partial charge in [-0.1, -0.05) is 58.1 Å². The van der Waals surface area contributed by atoms with Crippen molar-refractivity contribution in [1.29, 1.82) is 0 Å². The maximum atomic E-state index is 12.1. The van der Waals surface area contributed by atoms with E-state index in [0.717, 1.165) is 11.1 Å². The van der Waals surface area contributed by atoms with E-state index in [4.69, 9.17) is 39.5 Å². The predicted octanol–water partition coefficient (Wildman–Crippen LogP) is 4.11. The minimum atomic E-state index is -4.07. The number of nitrogens with one attached hydrogen (secondary N) is 1. The summed E-state index contributed by atoms with van der Waals surface area (Å²) in [6.45, 7) is 5.24. The largest absolute Gasteiger partial charge is 0.437 e. The second-order valence-corrected chi connectivity index (χ2v) is 9.08. The number of aryl methyl sites for hydroxylation is 1. The number of carbonyl (C=O) groups excluding carboxylic acids is 1. The molecule has 1 N–H and O–H groups in total. The summed E-state index contributed by atoms with van der Waals surface area (Å²) in [6.07, 6.45) is -1.06. The Morgan fingerprint density at radius 3 is 2.17 bits per heavy atom. The average molecular weight is 401 g/mol. The van der Waals surface area contributed by atoms with Crippen molar-refractivity contribution in [3.8, 4) is 0 Å². The SMILES string of the molecule is CC(C)=CC(OC(=O)NS(=O)(=O)c1ccc(C)cc1)C(Cl)(Cl)Cl. The molecule has 0 spiro atoms. The van der Waals surface area contributed by atoms with Gasteiger partial charge < -0.3 is 4.74 Å². The maximum absolute atomic E-state index is 12.1. The highest BCUT2D eigenvalue weighted by Crippen LogP contribution is 2.33. The van der Waals surface area contributed by atoms with Crippen molar-refractivity contribution in [2.45, 2.75) is 35.6 Å². The first-order chi connectivity index (χ1) is 10.4. The van der Waals surface area contributed by atoms with Crippen LogP contribution in [0.2, 0.25) is 0 Å². The van der Waals surface area contributed by atoms with Crippen LogP contribution in [0.5, 0.6) is 0 Å². The molecule has 1 aromatic rings. The Morgan fingerprint density at radius 2 is 1.74 bits per heavy atom. The molecule has 0 aliphatic heterocycles. The third kappa shape index (κ3) is 6.59. The van der Waals surface area contributed by atoms with Gasteiger partial charge in [0.25, 0.3) is 10.0 Å². The van der Waals surface area contributed by atoms with Crippen LogP contribution < -0.4 is 4.72 Å². The first kappa shape index (κ1) is 20.1. The number of benzene rings is 1. The van der Waals surface area contributed by atoms with E-state index in [2.05, 4.69) is 0 Å². The molecule has 128 valence electrons. The zero-order valence-electron chi connectivity index (χ0n) is 12.6. The molecule has 1 rings (SSSR count). The second kappa shape index (κ2) is 7.75. The highest BCUT2D eigenvalue weighted by atomic mass is 35.6. The molecule has 0 fully saturated rings. The number of amides is 1. The number of carbonyl (C=O) groups is 1. The summed E-state index contributed by atoms with van der Waals surface area (Å²) in [5.74, 6) is 0. The molecule has 0 saturated carbocycles. The Morgan fingerprint density at radius 1 is 1.22 bits per heavy atom. The van der Waals surface area contributed by atoms with Gasteiger partial charge in [0.15, 0.2) is 6.10 Å². The molecule has 9 heteroatoms. The van der Waals surface area contributed by atoms with E-state index >= 15 is 0 Å². The van der Waals surface area contributed by atoms with E-state index < -0.39 is 26.0 Å². The van der Waals surface area contributed by atoms with E-state index in [9.17, 15) is 13.2 Å². The number of rotatable bonds is 4. The summed E-state index contributed by atoms with van der Waals surface area (Å²) >= 11 is 17.2. The van der Waals surface area contributed by atoms with Crippen LogP contribution in [0.4, 0.5) is 4.79 Å². The van der Waals surface area contributed by atoms with Crippen LogP contribution in [0.15, 0.2) is 40.8 Å². The highest BCUT2D eigenvalue weighted by Gasteiger charge is 2.35. The third-order valence-corrected chi connectivity index (χ3v) is 4.56. The Bertz CT molecular complexity index is 690. The minimum absolute atomic E-state index is 0.0762. The van der Waals surface area contributed by atoms with Crippen LogP contribution in [0.3, 0.4) is 0 Å². The van der Waals surface area contributed by atoms with Gasteiger partial charge in [0, 0.05) is 0 Å². The summed E-state index contributed by atoms with van der Waals surface area (Å²) in [5, 5.41) is 0. The van der Waals surface area contributed by atoms with E-state index in [0.29, 0.717) is 0 Å². The molecule has 23 heavy (non-hydrogen) atoms. The Kier molecular flexibility index (Phi) is 6.77. The molecule has 0 aliphatic carbocycles. The zero-order valence-corrected chi connectivity index (χ0v) is 15.7. The lowest BCUT2D eigenvalue weighted by Gasteiger charge is -2.22. The number of allylic oxidation sites excluding steroid dienone is 1. The van der Waals surface area contributed by atoms with Crippen molar-refractivity contribution >= 4 is 50.9 Å². The Balaban J connectivity index is 2.89. The molecule has 1 amide bonds. The number of hydrogen-bond acceptors (Lipinski definition) is 4. The summed E-state index contributed by atoms with van der Waals surface area (Å²) in [6, 6.07) is 5.95. The van der Waals surface area contributed by atoms with Gasteiger partial charge in [0.2, 0.25) is 3.79 Å². The fourth-order valence-corrected chi connectivity index (χ4v) is 2.73. The lowest BCUT2D eigenvalue weighted by molar-refractivity contribution is 0.126. The van der Waals surface area contributed by atoms with Gasteiger partial charge >= 0.3 is 6.09 Å². The molecule has 1 unspecified atom stereocenters. The summed E-state index contributed by atoms with van der Waals surface area (Å²) < 4.78 is 28.9. The summed E-state index contributed by atoms with van der Waals surface area (Å²) in [4.78, 5) is 11.7. The molecular weight excluding hydrogens is 385 g/mol. The van der Waals surface area contributed by atoms with Gasteiger partial charge in [-0.2, -0.15) is 0 Å². The van der Waals surface area contributed by atoms with Gasteiger partial charge in [-0.15, -0.1) is 0 Å². The zero-order chi connectivity index (χ0) is 17.8. The lowest BCUT2D eigenvalue weighted by Crippen LogP contribution is -2.37. The molecule has 0 radical (unpaired) electrons. The van der Waals surface area contributed by atoms with Crippen LogP contribution in [0.25, 0.3) is 0 Å². The number of ether oxygens (including phenoxy) is 1. The number of hydrogen-bond donors (Lipinski definition) is 1. The highest BCUT2D eigenvalue weighted by molar-refractivity contribution is 7.90. The van der Waals surface area contributed by atoms with Crippen LogP contribution in [-0.4, -0.2) is 24.4 Å². The fourth-order valence-electron chi connectivity index (χ4n) is 1.52. The molecule has 1 atom stereocenters. The first-order valence-electron chi connectivity index (χ1n) is 6.43. The van der Waals surface area contributed by atoms with Gasteiger partial charge in [-0.3, -0.25) is 0 Å². The molecule has 1 aromatic carbocycles. The van der Waals surface area contributed by atoms with Crippen molar-refractivity contribution in [3.05, 3.63) is 41.5 Å². The molecular formula is C14H16Cl3NO4S. The van der Waals surface area contributed by atoms with E-state index in [1.54, 1.807) is 30.7 Å². The third-order valence-electron chi connectivity index (χ3n) is 2.59. The van der Waals surface area contributed by atoms with Gasteiger partial charge in [-0.05, 0) is 39.0 Å². The van der Waals surface area contributed by atoms with Crippen molar-refractivity contribution in [3.63, 3.8) is 0 Å². The van der Waals surface area contributed by atoms with Gasteiger partial charge in [0.1, 0.15) is 0 Å². The minimum Gasteiger partial charge on any atom is -0.437 e. The van der Waals surface area contributed by atoms with Crippen molar-refractivity contribution in [2.24, 2.45) is 0 Å². The molecule has 0 aromatic heterocycles. The summed E-state index contributed by atoms with van der Waals surface area (Å²) in [5.41, 5.74) is 1.61. The molecule has 0 saturated heterocycles. The average Bonchev–Trinajstić information content (AvgIpc) is 2.36. The standard InChI is InChI=1S/C14H16Cl3NO4S/c1-9(2)8-12(14(15,16)17)22-13(19)18-23(20,21)11-6-4-10(3)5-7-11/h4-8,12H,1-3H3,(H,18,19). The molecule has 0 bridgehead atoms.